The van der Waals surface area contributed by atoms with Crippen LogP contribution in [-0.2, 0) is 17.8 Å². The smallest absolute Gasteiger partial charge is 0.0717 e. The quantitative estimate of drug-likeness (QED) is 0.683. The van der Waals surface area contributed by atoms with Crippen LogP contribution < -0.4 is 5.32 Å². The number of nitrogens with one attached hydrogen (secondary N) is 1. The van der Waals surface area contributed by atoms with Crippen molar-refractivity contribution in [2.24, 2.45) is 5.92 Å². The minimum atomic E-state index is 0.769. The molecule has 0 aliphatic heterocycles. The molecule has 1 fully saturated rings. The third-order valence-corrected chi connectivity index (χ3v) is 4.39. The molecule has 0 bridgehead atoms. The van der Waals surface area contributed by atoms with Gasteiger partial charge in [-0.2, -0.15) is 0 Å². The summed E-state index contributed by atoms with van der Waals surface area (Å²) in [4.78, 5) is 0. The summed E-state index contributed by atoms with van der Waals surface area (Å²) in [6.07, 6.45) is 9.27. The van der Waals surface area contributed by atoms with Crippen LogP contribution in [0.4, 0.5) is 0 Å². The second kappa shape index (κ2) is 9.97. The van der Waals surface area contributed by atoms with Crippen LogP contribution in [0.1, 0.15) is 56.6 Å². The van der Waals surface area contributed by atoms with E-state index in [9.17, 15) is 0 Å². The first-order valence-electron chi connectivity index (χ1n) is 8.74. The molecule has 1 aromatic rings. The van der Waals surface area contributed by atoms with Crippen molar-refractivity contribution in [2.45, 2.75) is 58.5 Å². The minimum absolute atomic E-state index is 0.769. The molecule has 2 rings (SSSR count). The Morgan fingerprint density at radius 1 is 1.00 bits per heavy atom. The molecule has 21 heavy (non-hydrogen) atoms. The fourth-order valence-corrected chi connectivity index (χ4v) is 3.03. The summed E-state index contributed by atoms with van der Waals surface area (Å²) in [7, 11) is 0. The maximum Gasteiger partial charge on any atom is 0.0717 e. The van der Waals surface area contributed by atoms with Crippen LogP contribution in [0.3, 0.4) is 0 Å². The number of hydrogen-bond acceptors (Lipinski definition) is 2. The Labute approximate surface area is 130 Å². The maximum atomic E-state index is 5.90. The van der Waals surface area contributed by atoms with Gasteiger partial charge in [-0.05, 0) is 55.8 Å². The normalized spacial score (nSPS) is 16.2. The summed E-state index contributed by atoms with van der Waals surface area (Å²) >= 11 is 0. The van der Waals surface area contributed by atoms with Gasteiger partial charge in [-0.3, -0.25) is 0 Å². The highest BCUT2D eigenvalue weighted by Gasteiger charge is 2.13. The average Bonchev–Trinajstić information content (AvgIpc) is 2.54. The Morgan fingerprint density at radius 3 is 2.43 bits per heavy atom. The van der Waals surface area contributed by atoms with Gasteiger partial charge in [0.2, 0.25) is 0 Å². The van der Waals surface area contributed by atoms with Crippen molar-refractivity contribution in [3.8, 4) is 0 Å². The van der Waals surface area contributed by atoms with Gasteiger partial charge in [0.05, 0.1) is 6.61 Å². The van der Waals surface area contributed by atoms with Crippen molar-refractivity contribution in [1.29, 1.82) is 0 Å². The molecular weight excluding hydrogens is 258 g/mol. The van der Waals surface area contributed by atoms with Crippen LogP contribution in [-0.4, -0.2) is 19.7 Å². The molecule has 1 N–H and O–H groups in total. The van der Waals surface area contributed by atoms with Gasteiger partial charge in [0.1, 0.15) is 0 Å². The van der Waals surface area contributed by atoms with Crippen LogP contribution in [0.5, 0.6) is 0 Å². The van der Waals surface area contributed by atoms with Crippen molar-refractivity contribution in [2.75, 3.05) is 19.7 Å². The summed E-state index contributed by atoms with van der Waals surface area (Å²) in [5.41, 5.74) is 2.71. The first-order chi connectivity index (χ1) is 10.4. The standard InChI is InChI=1S/C19H31NO/c1-2-13-20-14-12-17-8-10-19(11-9-17)16-21-15-18-6-4-3-5-7-18/h8-11,18,20H,2-7,12-16H2,1H3. The van der Waals surface area contributed by atoms with E-state index in [2.05, 4.69) is 36.5 Å². The molecule has 2 nitrogen and oxygen atoms in total. The second-order valence-corrected chi connectivity index (χ2v) is 6.34. The molecule has 0 spiro atoms. The third-order valence-electron chi connectivity index (χ3n) is 4.39. The van der Waals surface area contributed by atoms with Crippen LogP contribution in [0.15, 0.2) is 24.3 Å². The van der Waals surface area contributed by atoms with Crippen LogP contribution in [0.25, 0.3) is 0 Å². The highest BCUT2D eigenvalue weighted by molar-refractivity contribution is 5.22. The fraction of sp³-hybridized carbons (Fsp3) is 0.684. The summed E-state index contributed by atoms with van der Waals surface area (Å²) in [6, 6.07) is 8.92. The molecule has 1 aliphatic rings. The molecular formula is C19H31NO. The molecule has 0 atom stereocenters. The fourth-order valence-electron chi connectivity index (χ4n) is 3.03. The zero-order valence-corrected chi connectivity index (χ0v) is 13.6. The van der Waals surface area contributed by atoms with Crippen molar-refractivity contribution in [3.05, 3.63) is 35.4 Å². The third kappa shape index (κ3) is 6.62. The molecule has 1 saturated carbocycles. The lowest BCUT2D eigenvalue weighted by atomic mass is 9.90. The van der Waals surface area contributed by atoms with Crippen molar-refractivity contribution >= 4 is 0 Å². The monoisotopic (exact) mass is 289 g/mol. The molecule has 0 unspecified atom stereocenters. The molecule has 0 saturated heterocycles. The largest absolute Gasteiger partial charge is 0.376 e. The van der Waals surface area contributed by atoms with E-state index >= 15 is 0 Å². The highest BCUT2D eigenvalue weighted by Crippen LogP contribution is 2.23. The Morgan fingerprint density at radius 2 is 1.71 bits per heavy atom. The molecule has 0 heterocycles. The van der Waals surface area contributed by atoms with Gasteiger partial charge in [0, 0.05) is 6.61 Å². The molecule has 0 amide bonds. The summed E-state index contributed by atoms with van der Waals surface area (Å²) < 4.78 is 5.90. The lowest BCUT2D eigenvalue weighted by molar-refractivity contribution is 0.0739. The van der Waals surface area contributed by atoms with E-state index in [1.165, 1.54) is 49.7 Å². The Hall–Kier alpha value is -0.860. The first kappa shape index (κ1) is 16.5. The van der Waals surface area contributed by atoms with Gasteiger partial charge in [0.15, 0.2) is 0 Å². The molecule has 1 aromatic carbocycles. The van der Waals surface area contributed by atoms with E-state index in [-0.39, 0.29) is 0 Å². The molecule has 1 aliphatic carbocycles. The molecule has 118 valence electrons. The Balaban J connectivity index is 1.62. The Kier molecular flexibility index (Phi) is 7.83. The van der Waals surface area contributed by atoms with Gasteiger partial charge in [-0.25, -0.2) is 0 Å². The Bertz CT molecular complexity index is 368. The predicted octanol–water partition coefficient (Wildman–Crippen LogP) is 4.33. The highest BCUT2D eigenvalue weighted by atomic mass is 16.5. The number of hydrogen-bond donors (Lipinski definition) is 1. The van der Waals surface area contributed by atoms with E-state index in [1.807, 2.05) is 0 Å². The van der Waals surface area contributed by atoms with Crippen molar-refractivity contribution < 1.29 is 4.74 Å². The molecule has 0 aromatic heterocycles. The van der Waals surface area contributed by atoms with E-state index in [4.69, 9.17) is 4.74 Å². The second-order valence-electron chi connectivity index (χ2n) is 6.34. The first-order valence-corrected chi connectivity index (χ1v) is 8.74. The zero-order valence-electron chi connectivity index (χ0n) is 13.6. The van der Waals surface area contributed by atoms with E-state index in [1.54, 1.807) is 0 Å². The molecule has 0 radical (unpaired) electrons. The van der Waals surface area contributed by atoms with Crippen LogP contribution in [0, 0.1) is 5.92 Å². The van der Waals surface area contributed by atoms with Gasteiger partial charge < -0.3 is 10.1 Å². The maximum absolute atomic E-state index is 5.90. The summed E-state index contributed by atoms with van der Waals surface area (Å²) in [5.74, 6) is 0.808. The average molecular weight is 289 g/mol. The minimum Gasteiger partial charge on any atom is -0.376 e. The van der Waals surface area contributed by atoms with Gasteiger partial charge in [-0.15, -0.1) is 0 Å². The lowest BCUT2D eigenvalue weighted by Crippen LogP contribution is -2.17. The van der Waals surface area contributed by atoms with Gasteiger partial charge in [-0.1, -0.05) is 50.5 Å². The summed E-state index contributed by atoms with van der Waals surface area (Å²) in [6.45, 7) is 6.11. The van der Waals surface area contributed by atoms with E-state index < -0.39 is 0 Å². The predicted molar refractivity (Wildman–Crippen MR) is 89.5 cm³/mol. The van der Waals surface area contributed by atoms with Crippen molar-refractivity contribution in [3.63, 3.8) is 0 Å². The topological polar surface area (TPSA) is 21.3 Å². The van der Waals surface area contributed by atoms with E-state index in [0.717, 1.165) is 38.6 Å². The zero-order chi connectivity index (χ0) is 14.8. The lowest BCUT2D eigenvalue weighted by Gasteiger charge is -2.21. The molecule has 2 heteroatoms. The summed E-state index contributed by atoms with van der Waals surface area (Å²) in [5, 5.41) is 3.44. The number of benzene rings is 1. The number of ether oxygens (including phenoxy) is 1. The van der Waals surface area contributed by atoms with Crippen LogP contribution in [0.2, 0.25) is 0 Å². The van der Waals surface area contributed by atoms with Gasteiger partial charge in [0.25, 0.3) is 0 Å². The SMILES string of the molecule is CCCNCCc1ccc(COCC2CCCCC2)cc1. The number of rotatable bonds is 9. The van der Waals surface area contributed by atoms with Gasteiger partial charge >= 0.3 is 0 Å². The van der Waals surface area contributed by atoms with Crippen molar-refractivity contribution in [1.82, 2.24) is 5.32 Å². The van der Waals surface area contributed by atoms with E-state index in [0.29, 0.717) is 0 Å². The van der Waals surface area contributed by atoms with Crippen LogP contribution >= 0.6 is 0 Å².